The van der Waals surface area contributed by atoms with Crippen LogP contribution in [0.1, 0.15) is 84.1 Å². The third-order valence-electron chi connectivity index (χ3n) is 5.06. The lowest BCUT2D eigenvalue weighted by Gasteiger charge is -2.02. The van der Waals surface area contributed by atoms with E-state index in [2.05, 4.69) is 34.1 Å². The largest absolute Gasteiger partial charge is 0.470 e. The molecule has 3 aromatic heterocycles. The molecule has 0 bridgehead atoms. The van der Waals surface area contributed by atoms with Crippen LogP contribution in [0.15, 0.2) is 19.6 Å². The summed E-state index contributed by atoms with van der Waals surface area (Å²) in [5, 5.41) is 20.6. The van der Waals surface area contributed by atoms with Crippen molar-refractivity contribution in [1.29, 1.82) is 0 Å². The van der Waals surface area contributed by atoms with Crippen molar-refractivity contribution in [3.8, 4) is 5.88 Å². The molecule has 0 fully saturated rings. The molecule has 0 spiro atoms. The average Bonchev–Trinajstić information content (AvgIpc) is 3.53. The molecule has 3 heterocycles. The minimum absolute atomic E-state index is 0.000692. The van der Waals surface area contributed by atoms with E-state index in [-0.39, 0.29) is 24.9 Å². The lowest BCUT2D eigenvalue weighted by molar-refractivity contribution is 0.0554. The number of hydrogen-bond donors (Lipinski definition) is 1. The summed E-state index contributed by atoms with van der Waals surface area (Å²) in [6.45, 7) is 8.21. The van der Waals surface area contributed by atoms with Gasteiger partial charge in [-0.1, -0.05) is 37.0 Å². The zero-order valence-corrected chi connectivity index (χ0v) is 20.0. The lowest BCUT2D eigenvalue weighted by atomic mass is 10.1. The maximum absolute atomic E-state index is 11.2. The SMILES string of the molecule is CCCCc1noc(C)c1CO.CCCCc1noc(C)c1COc1cc(C(=O)OC)on1. The van der Waals surface area contributed by atoms with Gasteiger partial charge in [-0.05, 0) is 44.7 Å². The van der Waals surface area contributed by atoms with E-state index in [0.29, 0.717) is 0 Å². The van der Waals surface area contributed by atoms with Crippen LogP contribution >= 0.6 is 0 Å². The van der Waals surface area contributed by atoms with Crippen LogP contribution in [0.25, 0.3) is 0 Å². The number of carbonyl (C=O) groups is 1. The number of methoxy groups -OCH3 is 1. The molecule has 0 aromatic carbocycles. The van der Waals surface area contributed by atoms with Crippen molar-refractivity contribution in [3.05, 3.63) is 45.9 Å². The summed E-state index contributed by atoms with van der Waals surface area (Å²) < 4.78 is 25.0. The second-order valence-corrected chi connectivity index (χ2v) is 7.50. The Morgan fingerprint density at radius 3 is 2.06 bits per heavy atom. The van der Waals surface area contributed by atoms with Crippen LogP contribution in [0.2, 0.25) is 0 Å². The van der Waals surface area contributed by atoms with Crippen molar-refractivity contribution in [2.45, 2.75) is 79.4 Å². The fourth-order valence-corrected chi connectivity index (χ4v) is 3.01. The molecule has 10 heteroatoms. The Kier molecular flexibility index (Phi) is 10.6. The number of hydrogen-bond acceptors (Lipinski definition) is 10. The topological polar surface area (TPSA) is 134 Å². The summed E-state index contributed by atoms with van der Waals surface area (Å²) in [7, 11) is 1.27. The maximum atomic E-state index is 11.2. The molecule has 0 saturated heterocycles. The van der Waals surface area contributed by atoms with E-state index >= 15 is 0 Å². The van der Waals surface area contributed by atoms with Gasteiger partial charge in [-0.2, -0.15) is 0 Å². The molecule has 33 heavy (non-hydrogen) atoms. The van der Waals surface area contributed by atoms with Gasteiger partial charge in [-0.15, -0.1) is 0 Å². The van der Waals surface area contributed by atoms with Gasteiger partial charge in [0.15, 0.2) is 0 Å². The molecule has 3 rings (SSSR count). The van der Waals surface area contributed by atoms with E-state index < -0.39 is 5.97 Å². The Hall–Kier alpha value is -3.14. The summed E-state index contributed by atoms with van der Waals surface area (Å²) in [5.41, 5.74) is 3.58. The van der Waals surface area contributed by atoms with Crippen LogP contribution in [-0.4, -0.2) is 33.7 Å². The average molecular weight is 464 g/mol. The minimum Gasteiger partial charge on any atom is -0.470 e. The summed E-state index contributed by atoms with van der Waals surface area (Å²) in [6, 6.07) is 1.39. The highest BCUT2D eigenvalue weighted by molar-refractivity contribution is 5.86. The first kappa shape index (κ1) is 26.1. The number of aliphatic hydroxyl groups is 1. The molecule has 0 aliphatic carbocycles. The Morgan fingerprint density at radius 2 is 1.52 bits per heavy atom. The number of aryl methyl sites for hydroxylation is 4. The second kappa shape index (κ2) is 13.4. The van der Waals surface area contributed by atoms with Gasteiger partial charge in [0.2, 0.25) is 5.76 Å². The predicted octanol–water partition coefficient (Wildman–Crippen LogP) is 4.50. The summed E-state index contributed by atoms with van der Waals surface area (Å²) in [5.74, 6) is 1.08. The Bertz CT molecular complexity index is 990. The zero-order chi connectivity index (χ0) is 24.2. The zero-order valence-electron chi connectivity index (χ0n) is 20.0. The lowest BCUT2D eigenvalue weighted by Crippen LogP contribution is -2.01. The molecule has 1 N–H and O–H groups in total. The third kappa shape index (κ3) is 7.45. The molecule has 0 aliphatic heterocycles. The van der Waals surface area contributed by atoms with Gasteiger partial charge in [-0.3, -0.25) is 0 Å². The number of aromatic nitrogens is 3. The normalized spacial score (nSPS) is 10.6. The highest BCUT2D eigenvalue weighted by atomic mass is 16.6. The van der Waals surface area contributed by atoms with E-state index in [9.17, 15) is 4.79 Å². The molecule has 0 radical (unpaired) electrons. The smallest absolute Gasteiger partial charge is 0.377 e. The van der Waals surface area contributed by atoms with Crippen molar-refractivity contribution in [2.75, 3.05) is 7.11 Å². The molecule has 10 nitrogen and oxygen atoms in total. The van der Waals surface area contributed by atoms with Crippen LogP contribution < -0.4 is 4.74 Å². The first-order valence-electron chi connectivity index (χ1n) is 11.1. The van der Waals surface area contributed by atoms with E-state index in [4.69, 9.17) is 23.4 Å². The van der Waals surface area contributed by atoms with Crippen LogP contribution in [0.4, 0.5) is 0 Å². The van der Waals surface area contributed by atoms with Gasteiger partial charge >= 0.3 is 5.97 Å². The predicted molar refractivity (Wildman–Crippen MR) is 118 cm³/mol. The van der Waals surface area contributed by atoms with E-state index in [0.717, 1.165) is 72.6 Å². The molecule has 182 valence electrons. The van der Waals surface area contributed by atoms with Crippen LogP contribution in [-0.2, 0) is 30.8 Å². The maximum Gasteiger partial charge on any atom is 0.377 e. The van der Waals surface area contributed by atoms with Crippen molar-refractivity contribution in [1.82, 2.24) is 15.5 Å². The summed E-state index contributed by atoms with van der Waals surface area (Å²) in [6.07, 6.45) is 6.10. The summed E-state index contributed by atoms with van der Waals surface area (Å²) >= 11 is 0. The van der Waals surface area contributed by atoms with E-state index in [1.54, 1.807) is 0 Å². The van der Waals surface area contributed by atoms with E-state index in [1.807, 2.05) is 13.8 Å². The number of esters is 1. The molecule has 0 atom stereocenters. The molecular formula is C23H33N3O7. The van der Waals surface area contributed by atoms with Crippen molar-refractivity contribution in [3.63, 3.8) is 0 Å². The number of carbonyl (C=O) groups excluding carboxylic acids is 1. The van der Waals surface area contributed by atoms with Gasteiger partial charge in [0.25, 0.3) is 5.88 Å². The van der Waals surface area contributed by atoms with Gasteiger partial charge < -0.3 is 28.1 Å². The number of nitrogens with zero attached hydrogens (tertiary/aromatic N) is 3. The molecule has 0 unspecified atom stereocenters. The highest BCUT2D eigenvalue weighted by Crippen LogP contribution is 2.20. The number of rotatable bonds is 11. The van der Waals surface area contributed by atoms with Crippen LogP contribution in [0, 0.1) is 13.8 Å². The first-order chi connectivity index (χ1) is 15.9. The molecule has 0 amide bonds. The number of ether oxygens (including phenoxy) is 2. The quantitative estimate of drug-likeness (QED) is 0.405. The highest BCUT2D eigenvalue weighted by Gasteiger charge is 2.17. The molecular weight excluding hydrogens is 430 g/mol. The van der Waals surface area contributed by atoms with Crippen LogP contribution in [0.3, 0.4) is 0 Å². The second-order valence-electron chi connectivity index (χ2n) is 7.50. The Labute approximate surface area is 193 Å². The van der Waals surface area contributed by atoms with Crippen LogP contribution in [0.5, 0.6) is 5.88 Å². The standard InChI is InChI=1S/C14H18N2O5.C9H15NO2/c1-4-5-6-11-10(9(2)20-15-11)8-19-13-7-12(21-16-13)14(17)18-3;1-3-4-5-9-8(6-11)7(2)12-10-9/h7H,4-6,8H2,1-3H3;11H,3-6H2,1-2H3. The van der Waals surface area contributed by atoms with Gasteiger partial charge in [-0.25, -0.2) is 4.79 Å². The monoisotopic (exact) mass is 463 g/mol. The number of unbranched alkanes of at least 4 members (excludes halogenated alkanes) is 2. The summed E-state index contributed by atoms with van der Waals surface area (Å²) in [4.78, 5) is 11.2. The van der Waals surface area contributed by atoms with Crippen molar-refractivity contribution < 1.29 is 32.9 Å². The van der Waals surface area contributed by atoms with Gasteiger partial charge in [0, 0.05) is 5.56 Å². The molecule has 3 aromatic rings. The van der Waals surface area contributed by atoms with E-state index in [1.165, 1.54) is 13.2 Å². The van der Waals surface area contributed by atoms with Gasteiger partial charge in [0.1, 0.15) is 18.1 Å². The fraction of sp³-hybridized carbons (Fsp3) is 0.565. The Balaban J connectivity index is 0.000000273. The number of aliphatic hydroxyl groups excluding tert-OH is 1. The Morgan fingerprint density at radius 1 is 0.939 bits per heavy atom. The van der Waals surface area contributed by atoms with Gasteiger partial charge in [0.05, 0.1) is 36.7 Å². The molecule has 0 saturated carbocycles. The minimum atomic E-state index is -0.595. The fourth-order valence-electron chi connectivity index (χ4n) is 3.01. The third-order valence-corrected chi connectivity index (χ3v) is 5.06. The first-order valence-corrected chi connectivity index (χ1v) is 11.1. The van der Waals surface area contributed by atoms with Crippen molar-refractivity contribution in [2.24, 2.45) is 0 Å². The molecule has 0 aliphatic rings. The van der Waals surface area contributed by atoms with Crippen molar-refractivity contribution >= 4 is 5.97 Å².